The van der Waals surface area contributed by atoms with Crippen LogP contribution in [-0.4, -0.2) is 6.54 Å². The van der Waals surface area contributed by atoms with E-state index in [9.17, 15) is 0 Å². The van der Waals surface area contributed by atoms with Crippen molar-refractivity contribution in [2.75, 3.05) is 11.9 Å². The summed E-state index contributed by atoms with van der Waals surface area (Å²) in [4.78, 5) is 0. The fraction of sp³-hybridized carbons (Fsp3) is 0.500. The minimum absolute atomic E-state index is 0.485. The molecule has 1 unspecified atom stereocenters. The Balaban J connectivity index is 2.63. The highest BCUT2D eigenvalue weighted by Crippen LogP contribution is 2.32. The standard InChI is InChI=1S/C12H16Cl3N/c1-3-4-8(2)7-16-12-6-10(14)9(13)5-11(12)15/h5-6,8,16H,3-4,7H2,1-2H3. The summed E-state index contributed by atoms with van der Waals surface area (Å²) in [7, 11) is 0. The van der Waals surface area contributed by atoms with E-state index >= 15 is 0 Å². The molecule has 1 aromatic carbocycles. The second-order valence-electron chi connectivity index (χ2n) is 4.02. The Bertz CT molecular complexity index is 352. The van der Waals surface area contributed by atoms with E-state index in [0.717, 1.165) is 12.2 Å². The summed E-state index contributed by atoms with van der Waals surface area (Å²) in [5.41, 5.74) is 0.846. The van der Waals surface area contributed by atoms with E-state index in [1.807, 2.05) is 0 Å². The lowest BCUT2D eigenvalue weighted by molar-refractivity contribution is 0.551. The van der Waals surface area contributed by atoms with E-state index < -0.39 is 0 Å². The number of benzene rings is 1. The number of halogens is 3. The highest BCUT2D eigenvalue weighted by Gasteiger charge is 2.07. The van der Waals surface area contributed by atoms with E-state index in [4.69, 9.17) is 34.8 Å². The summed E-state index contributed by atoms with van der Waals surface area (Å²) in [6.07, 6.45) is 2.39. The van der Waals surface area contributed by atoms with Crippen LogP contribution < -0.4 is 5.32 Å². The largest absolute Gasteiger partial charge is 0.384 e. The molecule has 0 saturated heterocycles. The van der Waals surface area contributed by atoms with Crippen LogP contribution in [0.25, 0.3) is 0 Å². The van der Waals surface area contributed by atoms with Gasteiger partial charge in [0.25, 0.3) is 0 Å². The van der Waals surface area contributed by atoms with Gasteiger partial charge < -0.3 is 5.32 Å². The van der Waals surface area contributed by atoms with Crippen LogP contribution in [0, 0.1) is 5.92 Å². The third kappa shape index (κ3) is 4.04. The first-order chi connectivity index (χ1) is 7.54. The van der Waals surface area contributed by atoms with Crippen LogP contribution in [0.15, 0.2) is 12.1 Å². The zero-order valence-corrected chi connectivity index (χ0v) is 11.8. The second kappa shape index (κ2) is 6.58. The maximum atomic E-state index is 6.06. The second-order valence-corrected chi connectivity index (χ2v) is 5.24. The van der Waals surface area contributed by atoms with E-state index in [2.05, 4.69) is 19.2 Å². The molecule has 1 aromatic rings. The summed E-state index contributed by atoms with van der Waals surface area (Å²) in [6.45, 7) is 5.29. The highest BCUT2D eigenvalue weighted by molar-refractivity contribution is 6.44. The molecule has 0 amide bonds. The molecule has 0 aliphatic rings. The lowest BCUT2D eigenvalue weighted by Crippen LogP contribution is -2.11. The Kier molecular flexibility index (Phi) is 5.74. The van der Waals surface area contributed by atoms with Crippen LogP contribution >= 0.6 is 34.8 Å². The van der Waals surface area contributed by atoms with Crippen molar-refractivity contribution in [1.29, 1.82) is 0 Å². The third-order valence-electron chi connectivity index (χ3n) is 2.43. The molecule has 0 radical (unpaired) electrons. The summed E-state index contributed by atoms with van der Waals surface area (Å²) in [6, 6.07) is 3.43. The molecule has 0 aliphatic carbocycles. The molecule has 0 bridgehead atoms. The molecule has 0 saturated carbocycles. The Labute approximate surface area is 112 Å². The van der Waals surface area contributed by atoms with Crippen molar-refractivity contribution in [3.8, 4) is 0 Å². The van der Waals surface area contributed by atoms with E-state index in [-0.39, 0.29) is 0 Å². The van der Waals surface area contributed by atoms with E-state index in [0.29, 0.717) is 21.0 Å². The van der Waals surface area contributed by atoms with Crippen LogP contribution in [-0.2, 0) is 0 Å². The molecule has 1 atom stereocenters. The molecule has 1 rings (SSSR count). The zero-order valence-electron chi connectivity index (χ0n) is 9.49. The minimum Gasteiger partial charge on any atom is -0.384 e. The maximum Gasteiger partial charge on any atom is 0.0653 e. The van der Waals surface area contributed by atoms with Gasteiger partial charge in [-0.05, 0) is 24.5 Å². The van der Waals surface area contributed by atoms with Crippen molar-refractivity contribution in [1.82, 2.24) is 0 Å². The number of nitrogens with one attached hydrogen (secondary N) is 1. The average molecular weight is 281 g/mol. The number of anilines is 1. The minimum atomic E-state index is 0.485. The Morgan fingerprint density at radius 3 is 2.38 bits per heavy atom. The van der Waals surface area contributed by atoms with Crippen LogP contribution in [0.4, 0.5) is 5.69 Å². The van der Waals surface area contributed by atoms with Crippen molar-refractivity contribution in [2.45, 2.75) is 26.7 Å². The van der Waals surface area contributed by atoms with Gasteiger partial charge in [0.2, 0.25) is 0 Å². The summed E-state index contributed by atoms with van der Waals surface area (Å²) < 4.78 is 0. The lowest BCUT2D eigenvalue weighted by atomic mass is 10.1. The molecule has 1 nitrogen and oxygen atoms in total. The fourth-order valence-corrected chi connectivity index (χ4v) is 2.15. The lowest BCUT2D eigenvalue weighted by Gasteiger charge is -2.14. The van der Waals surface area contributed by atoms with E-state index in [1.54, 1.807) is 12.1 Å². The van der Waals surface area contributed by atoms with Gasteiger partial charge in [0, 0.05) is 6.54 Å². The molecule has 0 heterocycles. The number of hydrogen-bond donors (Lipinski definition) is 1. The summed E-state index contributed by atoms with van der Waals surface area (Å²) >= 11 is 17.8. The zero-order chi connectivity index (χ0) is 12.1. The molecular formula is C12H16Cl3N. The van der Waals surface area contributed by atoms with Gasteiger partial charge in [-0.15, -0.1) is 0 Å². The Morgan fingerprint density at radius 2 is 1.75 bits per heavy atom. The molecule has 1 N–H and O–H groups in total. The van der Waals surface area contributed by atoms with Gasteiger partial charge in [-0.1, -0.05) is 55.1 Å². The first kappa shape index (κ1) is 14.0. The summed E-state index contributed by atoms with van der Waals surface area (Å²) in [5.74, 6) is 0.621. The van der Waals surface area contributed by atoms with Crippen molar-refractivity contribution < 1.29 is 0 Å². The van der Waals surface area contributed by atoms with Gasteiger partial charge in [0.15, 0.2) is 0 Å². The predicted molar refractivity (Wildman–Crippen MR) is 74.0 cm³/mol. The quantitative estimate of drug-likeness (QED) is 0.703. The Hall–Kier alpha value is -0.110. The maximum absolute atomic E-state index is 6.06. The van der Waals surface area contributed by atoms with E-state index in [1.165, 1.54) is 12.8 Å². The van der Waals surface area contributed by atoms with Crippen molar-refractivity contribution in [3.63, 3.8) is 0 Å². The molecule has 4 heteroatoms. The number of rotatable bonds is 5. The SMILES string of the molecule is CCCC(C)CNc1cc(Cl)c(Cl)cc1Cl. The molecule has 0 aliphatic heterocycles. The third-order valence-corrected chi connectivity index (χ3v) is 3.47. The van der Waals surface area contributed by atoms with Crippen molar-refractivity contribution in [2.24, 2.45) is 5.92 Å². The average Bonchev–Trinajstić information content (AvgIpc) is 2.22. The van der Waals surface area contributed by atoms with Gasteiger partial charge >= 0.3 is 0 Å². The van der Waals surface area contributed by atoms with Crippen molar-refractivity contribution in [3.05, 3.63) is 27.2 Å². The topological polar surface area (TPSA) is 12.0 Å². The van der Waals surface area contributed by atoms with Crippen LogP contribution in [0.5, 0.6) is 0 Å². The van der Waals surface area contributed by atoms with Gasteiger partial charge in [0.05, 0.1) is 20.8 Å². The van der Waals surface area contributed by atoms with Crippen LogP contribution in [0.1, 0.15) is 26.7 Å². The number of hydrogen-bond acceptors (Lipinski definition) is 1. The van der Waals surface area contributed by atoms with Gasteiger partial charge in [-0.2, -0.15) is 0 Å². The summed E-state index contributed by atoms with van der Waals surface area (Å²) in [5, 5.41) is 4.91. The highest BCUT2D eigenvalue weighted by atomic mass is 35.5. The first-order valence-electron chi connectivity index (χ1n) is 5.43. The Morgan fingerprint density at radius 1 is 1.12 bits per heavy atom. The fourth-order valence-electron chi connectivity index (χ4n) is 1.54. The molecule has 0 aromatic heterocycles. The monoisotopic (exact) mass is 279 g/mol. The molecule has 0 spiro atoms. The molecule has 0 fully saturated rings. The molecule has 90 valence electrons. The van der Waals surface area contributed by atoms with Gasteiger partial charge in [-0.3, -0.25) is 0 Å². The van der Waals surface area contributed by atoms with Crippen molar-refractivity contribution >= 4 is 40.5 Å². The van der Waals surface area contributed by atoms with Gasteiger partial charge in [-0.25, -0.2) is 0 Å². The smallest absolute Gasteiger partial charge is 0.0653 e. The van der Waals surface area contributed by atoms with Crippen LogP contribution in [0.3, 0.4) is 0 Å². The normalized spacial score (nSPS) is 12.6. The first-order valence-corrected chi connectivity index (χ1v) is 6.56. The predicted octanol–water partition coefficient (Wildman–Crippen LogP) is 5.49. The molecular weight excluding hydrogens is 264 g/mol. The molecule has 16 heavy (non-hydrogen) atoms. The van der Waals surface area contributed by atoms with Gasteiger partial charge in [0.1, 0.15) is 0 Å². The van der Waals surface area contributed by atoms with Crippen LogP contribution in [0.2, 0.25) is 15.1 Å².